The third kappa shape index (κ3) is 2.30. The van der Waals surface area contributed by atoms with Crippen LogP contribution in [0.1, 0.15) is 23.7 Å². The molecule has 0 aromatic carbocycles. The molecule has 16 heavy (non-hydrogen) atoms. The van der Waals surface area contributed by atoms with Gasteiger partial charge in [-0.15, -0.1) is 11.3 Å². The van der Waals surface area contributed by atoms with Crippen LogP contribution in [0.5, 0.6) is 0 Å². The van der Waals surface area contributed by atoms with Gasteiger partial charge < -0.3 is 11.1 Å². The Kier molecular flexibility index (Phi) is 3.05. The molecule has 0 radical (unpaired) electrons. The Hall–Kier alpha value is -1.62. The first-order valence-corrected chi connectivity index (χ1v) is 5.94. The van der Waals surface area contributed by atoms with Crippen molar-refractivity contribution in [3.05, 3.63) is 34.4 Å². The fourth-order valence-corrected chi connectivity index (χ4v) is 2.03. The summed E-state index contributed by atoms with van der Waals surface area (Å²) in [6.45, 7) is 3.96. The molecule has 0 amide bonds. The summed E-state index contributed by atoms with van der Waals surface area (Å²) < 4.78 is 0. The molecule has 4 nitrogen and oxygen atoms in total. The van der Waals surface area contributed by atoms with Crippen molar-refractivity contribution in [1.82, 2.24) is 9.97 Å². The van der Waals surface area contributed by atoms with Crippen LogP contribution >= 0.6 is 11.3 Å². The lowest BCUT2D eigenvalue weighted by atomic mass is 10.3. The number of thiazole rings is 1. The predicted molar refractivity (Wildman–Crippen MR) is 67.5 cm³/mol. The van der Waals surface area contributed by atoms with Crippen molar-refractivity contribution < 1.29 is 0 Å². The van der Waals surface area contributed by atoms with E-state index in [0.29, 0.717) is 5.69 Å². The highest BCUT2D eigenvalue weighted by molar-refractivity contribution is 7.09. The molecule has 0 fully saturated rings. The van der Waals surface area contributed by atoms with Gasteiger partial charge in [-0.2, -0.15) is 0 Å². The molecule has 0 aliphatic heterocycles. The van der Waals surface area contributed by atoms with Gasteiger partial charge in [-0.3, -0.25) is 0 Å². The Balaban J connectivity index is 2.12. The average Bonchev–Trinajstić information content (AvgIpc) is 2.77. The number of hydrogen-bond acceptors (Lipinski definition) is 5. The lowest BCUT2D eigenvalue weighted by Crippen LogP contribution is -2.08. The van der Waals surface area contributed by atoms with Gasteiger partial charge in [-0.25, -0.2) is 9.97 Å². The number of nitrogens with two attached hydrogens (primary N) is 1. The van der Waals surface area contributed by atoms with Crippen molar-refractivity contribution in [1.29, 1.82) is 0 Å². The normalized spacial score (nSPS) is 12.4. The molecular formula is C11H14N4S. The number of aryl methyl sites for hydroxylation is 1. The van der Waals surface area contributed by atoms with E-state index >= 15 is 0 Å². The van der Waals surface area contributed by atoms with Crippen LogP contribution in [0.25, 0.3) is 0 Å². The molecular weight excluding hydrogens is 220 g/mol. The summed E-state index contributed by atoms with van der Waals surface area (Å²) in [5.41, 5.74) is 7.27. The molecule has 2 heterocycles. The second kappa shape index (κ2) is 4.49. The number of nitrogen functional groups attached to an aromatic ring is 1. The molecule has 84 valence electrons. The van der Waals surface area contributed by atoms with Gasteiger partial charge in [0, 0.05) is 11.6 Å². The van der Waals surface area contributed by atoms with Crippen molar-refractivity contribution in [2.45, 2.75) is 19.9 Å². The zero-order chi connectivity index (χ0) is 11.5. The summed E-state index contributed by atoms with van der Waals surface area (Å²) in [4.78, 5) is 8.62. The van der Waals surface area contributed by atoms with Crippen LogP contribution < -0.4 is 11.1 Å². The van der Waals surface area contributed by atoms with Gasteiger partial charge in [-0.05, 0) is 26.0 Å². The first kappa shape index (κ1) is 10.9. The Morgan fingerprint density at radius 1 is 1.44 bits per heavy atom. The number of nitrogens with zero attached hydrogens (tertiary/aromatic N) is 2. The van der Waals surface area contributed by atoms with E-state index < -0.39 is 0 Å². The van der Waals surface area contributed by atoms with Gasteiger partial charge in [0.25, 0.3) is 0 Å². The van der Waals surface area contributed by atoms with Crippen molar-refractivity contribution in [2.75, 3.05) is 11.1 Å². The van der Waals surface area contributed by atoms with E-state index in [0.717, 1.165) is 16.5 Å². The lowest BCUT2D eigenvalue weighted by Gasteiger charge is -2.12. The fourth-order valence-electron chi connectivity index (χ4n) is 1.38. The summed E-state index contributed by atoms with van der Waals surface area (Å²) >= 11 is 1.63. The van der Waals surface area contributed by atoms with Gasteiger partial charge in [0.2, 0.25) is 0 Å². The maximum Gasteiger partial charge on any atom is 0.126 e. The van der Waals surface area contributed by atoms with Gasteiger partial charge >= 0.3 is 0 Å². The SMILES string of the molecule is Cc1nc(NC(C)c2nccs2)ccc1N. The van der Waals surface area contributed by atoms with Crippen molar-refractivity contribution in [3.8, 4) is 0 Å². The minimum absolute atomic E-state index is 0.163. The largest absolute Gasteiger partial charge is 0.397 e. The van der Waals surface area contributed by atoms with Crippen molar-refractivity contribution in [3.63, 3.8) is 0 Å². The average molecular weight is 234 g/mol. The Bertz CT molecular complexity index is 467. The lowest BCUT2D eigenvalue weighted by molar-refractivity contribution is 0.859. The highest BCUT2D eigenvalue weighted by Crippen LogP contribution is 2.20. The number of nitrogens with one attached hydrogen (secondary N) is 1. The van der Waals surface area contributed by atoms with E-state index in [2.05, 4.69) is 22.2 Å². The maximum atomic E-state index is 5.71. The van der Waals surface area contributed by atoms with E-state index in [1.54, 1.807) is 17.5 Å². The summed E-state index contributed by atoms with van der Waals surface area (Å²) in [6, 6.07) is 3.90. The van der Waals surface area contributed by atoms with E-state index in [1.165, 1.54) is 0 Å². The summed E-state index contributed by atoms with van der Waals surface area (Å²) in [5, 5.41) is 6.31. The van der Waals surface area contributed by atoms with Gasteiger partial charge in [0.15, 0.2) is 0 Å². The van der Waals surface area contributed by atoms with E-state index in [4.69, 9.17) is 5.73 Å². The molecule has 2 rings (SSSR count). The standard InChI is InChI=1S/C11H14N4S/c1-7-9(12)3-4-10(14-7)15-8(2)11-13-5-6-16-11/h3-6,8H,12H2,1-2H3,(H,14,15). The molecule has 1 unspecified atom stereocenters. The molecule has 0 saturated heterocycles. The summed E-state index contributed by atoms with van der Waals surface area (Å²) in [5.74, 6) is 0.828. The highest BCUT2D eigenvalue weighted by atomic mass is 32.1. The third-order valence-corrected chi connectivity index (χ3v) is 3.27. The molecule has 0 bridgehead atoms. The van der Waals surface area contributed by atoms with Crippen LogP contribution in [0.3, 0.4) is 0 Å². The maximum absolute atomic E-state index is 5.71. The number of rotatable bonds is 3. The van der Waals surface area contributed by atoms with Crippen molar-refractivity contribution in [2.24, 2.45) is 0 Å². The molecule has 0 aliphatic rings. The molecule has 0 aliphatic carbocycles. The van der Waals surface area contributed by atoms with Crippen LogP contribution in [0, 0.1) is 6.92 Å². The molecule has 0 spiro atoms. The quantitative estimate of drug-likeness (QED) is 0.856. The number of aromatic nitrogens is 2. The van der Waals surface area contributed by atoms with Crippen molar-refractivity contribution >= 4 is 22.8 Å². The molecule has 5 heteroatoms. The summed E-state index contributed by atoms with van der Waals surface area (Å²) in [7, 11) is 0. The topological polar surface area (TPSA) is 63.8 Å². The molecule has 2 aromatic heterocycles. The van der Waals surface area contributed by atoms with Gasteiger partial charge in [0.1, 0.15) is 10.8 Å². The highest BCUT2D eigenvalue weighted by Gasteiger charge is 2.08. The Morgan fingerprint density at radius 3 is 2.88 bits per heavy atom. The smallest absolute Gasteiger partial charge is 0.126 e. The van der Waals surface area contributed by atoms with Crippen LogP contribution in [0.2, 0.25) is 0 Å². The van der Waals surface area contributed by atoms with Crippen LogP contribution in [0.15, 0.2) is 23.7 Å². The monoisotopic (exact) mass is 234 g/mol. The minimum atomic E-state index is 0.163. The summed E-state index contributed by atoms with van der Waals surface area (Å²) in [6.07, 6.45) is 1.81. The fraction of sp³-hybridized carbons (Fsp3) is 0.273. The second-order valence-corrected chi connectivity index (χ2v) is 4.53. The predicted octanol–water partition coefficient (Wildman–Crippen LogP) is 2.60. The first-order valence-electron chi connectivity index (χ1n) is 5.06. The Morgan fingerprint density at radius 2 is 2.25 bits per heavy atom. The van der Waals surface area contributed by atoms with Crippen LogP contribution in [-0.4, -0.2) is 9.97 Å². The zero-order valence-corrected chi connectivity index (χ0v) is 10.1. The van der Waals surface area contributed by atoms with Gasteiger partial charge in [0.05, 0.1) is 17.4 Å². The molecule has 3 N–H and O–H groups in total. The number of hydrogen-bond donors (Lipinski definition) is 2. The van der Waals surface area contributed by atoms with E-state index in [-0.39, 0.29) is 6.04 Å². The van der Waals surface area contributed by atoms with Crippen LogP contribution in [0.4, 0.5) is 11.5 Å². The van der Waals surface area contributed by atoms with Gasteiger partial charge in [-0.1, -0.05) is 0 Å². The zero-order valence-electron chi connectivity index (χ0n) is 9.27. The minimum Gasteiger partial charge on any atom is -0.397 e. The molecule has 0 saturated carbocycles. The first-order chi connectivity index (χ1) is 7.66. The van der Waals surface area contributed by atoms with E-state index in [1.807, 2.05) is 24.4 Å². The number of pyridine rings is 1. The van der Waals surface area contributed by atoms with Crippen LogP contribution in [-0.2, 0) is 0 Å². The molecule has 2 aromatic rings. The molecule has 1 atom stereocenters. The van der Waals surface area contributed by atoms with E-state index in [9.17, 15) is 0 Å². The Labute approximate surface area is 98.6 Å². The second-order valence-electron chi connectivity index (χ2n) is 3.61. The number of anilines is 2. The third-order valence-electron chi connectivity index (χ3n) is 2.31.